The molecule has 17 heavy (non-hydrogen) atoms. The smallest absolute Gasteiger partial charge is 0.273 e. The van der Waals surface area contributed by atoms with Crippen molar-refractivity contribution in [1.82, 2.24) is 0 Å². The Labute approximate surface area is 96.9 Å². The molecule has 2 rings (SSSR count). The largest absolute Gasteiger partial charge is 0.744 e. The van der Waals surface area contributed by atoms with Gasteiger partial charge in [0.25, 0.3) is 5.69 Å². The standard InChI is InChI=1S/C9H9NO6S/c11-10(12)8-2-1-3-9(17(13,14)15)7(8)4-6-5-16-6/h1-3,6H,4-5H2,(H,13,14,15)/p-1/t6-/m1/s1. The van der Waals surface area contributed by atoms with Crippen LogP contribution in [0.15, 0.2) is 23.1 Å². The molecular weight excluding hydrogens is 250 g/mol. The zero-order valence-electron chi connectivity index (χ0n) is 8.53. The number of hydrogen-bond donors (Lipinski definition) is 0. The highest BCUT2D eigenvalue weighted by Crippen LogP contribution is 2.29. The van der Waals surface area contributed by atoms with Crippen molar-refractivity contribution in [2.45, 2.75) is 17.4 Å². The van der Waals surface area contributed by atoms with Crippen LogP contribution in [-0.2, 0) is 21.3 Å². The molecule has 0 aromatic heterocycles. The summed E-state index contributed by atoms with van der Waals surface area (Å²) in [5, 5.41) is 10.8. The Morgan fingerprint density at radius 3 is 2.59 bits per heavy atom. The van der Waals surface area contributed by atoms with Gasteiger partial charge in [0.15, 0.2) is 0 Å². The lowest BCUT2D eigenvalue weighted by Gasteiger charge is -2.12. The number of nitro benzene ring substituents is 1. The van der Waals surface area contributed by atoms with Crippen molar-refractivity contribution in [3.05, 3.63) is 33.9 Å². The van der Waals surface area contributed by atoms with E-state index in [2.05, 4.69) is 0 Å². The number of benzene rings is 1. The number of nitro groups is 1. The van der Waals surface area contributed by atoms with Gasteiger partial charge in [-0.15, -0.1) is 0 Å². The molecule has 8 heteroatoms. The highest BCUT2D eigenvalue weighted by atomic mass is 32.2. The van der Waals surface area contributed by atoms with Crippen molar-refractivity contribution in [3.8, 4) is 0 Å². The molecule has 0 bridgehead atoms. The predicted molar refractivity (Wildman–Crippen MR) is 54.5 cm³/mol. The fourth-order valence-electron chi connectivity index (χ4n) is 1.58. The molecule has 0 N–H and O–H groups in total. The highest BCUT2D eigenvalue weighted by Gasteiger charge is 2.29. The van der Waals surface area contributed by atoms with Crippen molar-refractivity contribution in [1.29, 1.82) is 0 Å². The van der Waals surface area contributed by atoms with Gasteiger partial charge >= 0.3 is 0 Å². The van der Waals surface area contributed by atoms with Crippen LogP contribution >= 0.6 is 0 Å². The van der Waals surface area contributed by atoms with Crippen LogP contribution < -0.4 is 0 Å². The minimum absolute atomic E-state index is 0.0634. The Balaban J connectivity index is 2.57. The third kappa shape index (κ3) is 2.60. The van der Waals surface area contributed by atoms with Gasteiger partial charge in [0, 0.05) is 18.1 Å². The lowest BCUT2D eigenvalue weighted by atomic mass is 10.1. The third-order valence-electron chi connectivity index (χ3n) is 2.41. The SMILES string of the molecule is O=[N+]([O-])c1cccc(S(=O)(=O)[O-])c1C[C@@H]1CO1. The summed E-state index contributed by atoms with van der Waals surface area (Å²) in [5.41, 5.74) is -0.438. The van der Waals surface area contributed by atoms with Crippen molar-refractivity contribution >= 4 is 15.8 Å². The molecule has 0 saturated carbocycles. The monoisotopic (exact) mass is 258 g/mol. The van der Waals surface area contributed by atoms with Gasteiger partial charge in [-0.1, -0.05) is 6.07 Å². The number of ether oxygens (including phenoxy) is 1. The summed E-state index contributed by atoms with van der Waals surface area (Å²) in [5.74, 6) is 0. The highest BCUT2D eigenvalue weighted by molar-refractivity contribution is 7.85. The van der Waals surface area contributed by atoms with Crippen molar-refractivity contribution < 1.29 is 22.6 Å². The van der Waals surface area contributed by atoms with Gasteiger partial charge in [-0.25, -0.2) is 8.42 Å². The molecule has 1 saturated heterocycles. The predicted octanol–water partition coefficient (Wildman–Crippen LogP) is 0.440. The first-order valence-corrected chi connectivity index (χ1v) is 6.14. The van der Waals surface area contributed by atoms with Crippen LogP contribution in [0.5, 0.6) is 0 Å². The van der Waals surface area contributed by atoms with Gasteiger partial charge in [-0.3, -0.25) is 10.1 Å². The summed E-state index contributed by atoms with van der Waals surface area (Å²) < 4.78 is 37.9. The second kappa shape index (κ2) is 4.06. The number of hydrogen-bond acceptors (Lipinski definition) is 6. The maximum atomic E-state index is 11.0. The van der Waals surface area contributed by atoms with Gasteiger partial charge in [0.05, 0.1) is 22.5 Å². The Morgan fingerprint density at radius 1 is 1.47 bits per heavy atom. The number of rotatable bonds is 4. The Bertz CT molecular complexity index is 563. The molecule has 7 nitrogen and oxygen atoms in total. The quantitative estimate of drug-likeness (QED) is 0.335. The van der Waals surface area contributed by atoms with E-state index in [1.165, 1.54) is 12.1 Å². The first-order chi connectivity index (χ1) is 7.89. The molecule has 0 aliphatic carbocycles. The van der Waals surface area contributed by atoms with E-state index in [4.69, 9.17) is 4.74 Å². The van der Waals surface area contributed by atoms with Crippen LogP contribution in [0.2, 0.25) is 0 Å². The molecule has 1 aliphatic heterocycles. The van der Waals surface area contributed by atoms with Crippen LogP contribution in [0.25, 0.3) is 0 Å². The molecule has 0 unspecified atom stereocenters. The molecule has 1 aliphatic rings. The van der Waals surface area contributed by atoms with E-state index in [-0.39, 0.29) is 23.8 Å². The molecule has 1 fully saturated rings. The summed E-state index contributed by atoms with van der Waals surface area (Å²) in [6, 6.07) is 3.43. The van der Waals surface area contributed by atoms with E-state index in [9.17, 15) is 23.1 Å². The van der Waals surface area contributed by atoms with E-state index in [1.54, 1.807) is 0 Å². The molecule has 1 heterocycles. The van der Waals surface area contributed by atoms with Crippen LogP contribution in [0.4, 0.5) is 5.69 Å². The summed E-state index contributed by atoms with van der Waals surface area (Å²) in [6.45, 7) is 0.421. The topological polar surface area (TPSA) is 113 Å². The van der Waals surface area contributed by atoms with Crippen molar-refractivity contribution in [2.75, 3.05) is 6.61 Å². The molecule has 1 aromatic carbocycles. The summed E-state index contributed by atoms with van der Waals surface area (Å²) in [4.78, 5) is 9.53. The maximum absolute atomic E-state index is 11.0. The third-order valence-corrected chi connectivity index (χ3v) is 3.33. The maximum Gasteiger partial charge on any atom is 0.273 e. The van der Waals surface area contributed by atoms with Crippen molar-refractivity contribution in [3.63, 3.8) is 0 Å². The second-order valence-corrected chi connectivity index (χ2v) is 4.97. The van der Waals surface area contributed by atoms with Crippen LogP contribution in [0.3, 0.4) is 0 Å². The average Bonchev–Trinajstić information content (AvgIpc) is 3.00. The zero-order valence-corrected chi connectivity index (χ0v) is 9.35. The minimum atomic E-state index is -4.72. The Morgan fingerprint density at radius 2 is 2.12 bits per heavy atom. The van der Waals surface area contributed by atoms with E-state index in [0.717, 1.165) is 6.07 Å². The molecule has 92 valence electrons. The molecule has 0 spiro atoms. The van der Waals surface area contributed by atoms with Gasteiger partial charge in [-0.2, -0.15) is 0 Å². The normalized spacial score (nSPS) is 19.0. The fourth-order valence-corrected chi connectivity index (χ4v) is 2.31. The van der Waals surface area contributed by atoms with Crippen LogP contribution in [-0.4, -0.2) is 30.6 Å². The molecule has 1 atom stereocenters. The number of nitrogens with zero attached hydrogens (tertiary/aromatic N) is 1. The average molecular weight is 258 g/mol. The summed E-state index contributed by atoms with van der Waals surface area (Å²) >= 11 is 0. The summed E-state index contributed by atoms with van der Waals surface area (Å²) in [7, 11) is -4.72. The molecule has 1 aromatic rings. The van der Waals surface area contributed by atoms with Gasteiger partial charge in [0.1, 0.15) is 10.1 Å². The molecular formula is C9H8NO6S-. The Kier molecular flexibility index (Phi) is 2.86. The fraction of sp³-hybridized carbons (Fsp3) is 0.333. The van der Waals surface area contributed by atoms with E-state index in [0.29, 0.717) is 6.61 Å². The Hall–Kier alpha value is -1.51. The minimum Gasteiger partial charge on any atom is -0.744 e. The molecule has 0 radical (unpaired) electrons. The van der Waals surface area contributed by atoms with E-state index < -0.39 is 19.9 Å². The summed E-state index contributed by atoms with van der Waals surface area (Å²) in [6.07, 6.45) is -0.176. The molecule has 0 amide bonds. The van der Waals surface area contributed by atoms with E-state index >= 15 is 0 Å². The van der Waals surface area contributed by atoms with Crippen LogP contribution in [0.1, 0.15) is 5.56 Å². The van der Waals surface area contributed by atoms with Gasteiger partial charge in [0.2, 0.25) is 0 Å². The zero-order chi connectivity index (χ0) is 12.6. The second-order valence-electron chi connectivity index (χ2n) is 3.62. The van der Waals surface area contributed by atoms with Crippen LogP contribution in [0, 0.1) is 10.1 Å². The lowest BCUT2D eigenvalue weighted by Crippen LogP contribution is -2.08. The number of epoxide rings is 1. The van der Waals surface area contributed by atoms with E-state index in [1.807, 2.05) is 0 Å². The first-order valence-electron chi connectivity index (χ1n) is 4.73. The van der Waals surface area contributed by atoms with Crippen molar-refractivity contribution in [2.24, 2.45) is 0 Å². The first kappa shape index (κ1) is 12.0. The van der Waals surface area contributed by atoms with Gasteiger partial charge in [-0.05, 0) is 6.07 Å². The lowest BCUT2D eigenvalue weighted by molar-refractivity contribution is -0.385. The van der Waals surface area contributed by atoms with Gasteiger partial charge < -0.3 is 9.29 Å².